The highest BCUT2D eigenvalue weighted by atomic mass is 16.1. The number of carbonyl (C=O) groups excluding carboxylic acids is 1. The Bertz CT molecular complexity index is 385. The number of rotatable bonds is 3. The standard InChI is InChI=1S/C12H13NO/c1-3-5-6-12(14)11-7-8-13-9-10(11)4-2/h7-9H,4,6H2,1-2H3. The van der Waals surface area contributed by atoms with Gasteiger partial charge in [-0.15, -0.1) is 5.92 Å². The quantitative estimate of drug-likeness (QED) is 0.536. The van der Waals surface area contributed by atoms with Crippen LogP contribution >= 0.6 is 0 Å². The molecular formula is C12H13NO. The molecule has 0 aromatic carbocycles. The van der Waals surface area contributed by atoms with Gasteiger partial charge in [0, 0.05) is 18.0 Å². The van der Waals surface area contributed by atoms with Crippen LogP contribution in [0.25, 0.3) is 0 Å². The molecule has 0 bridgehead atoms. The summed E-state index contributed by atoms with van der Waals surface area (Å²) in [6.45, 7) is 3.75. The minimum Gasteiger partial charge on any atom is -0.293 e. The molecule has 14 heavy (non-hydrogen) atoms. The Morgan fingerprint density at radius 1 is 1.57 bits per heavy atom. The summed E-state index contributed by atoms with van der Waals surface area (Å²) in [5.74, 6) is 5.58. The number of pyridine rings is 1. The minimum atomic E-state index is 0.0820. The highest BCUT2D eigenvalue weighted by Crippen LogP contribution is 2.09. The Morgan fingerprint density at radius 2 is 2.36 bits per heavy atom. The van der Waals surface area contributed by atoms with Gasteiger partial charge in [-0.25, -0.2) is 0 Å². The first-order valence-corrected chi connectivity index (χ1v) is 4.65. The number of hydrogen-bond acceptors (Lipinski definition) is 2. The monoisotopic (exact) mass is 187 g/mol. The summed E-state index contributed by atoms with van der Waals surface area (Å²) in [5.41, 5.74) is 1.75. The lowest BCUT2D eigenvalue weighted by atomic mass is 10.0. The van der Waals surface area contributed by atoms with E-state index in [0.717, 1.165) is 17.5 Å². The van der Waals surface area contributed by atoms with Gasteiger partial charge in [-0.2, -0.15) is 0 Å². The smallest absolute Gasteiger partial charge is 0.175 e. The van der Waals surface area contributed by atoms with Crippen molar-refractivity contribution in [1.82, 2.24) is 4.98 Å². The summed E-state index contributed by atoms with van der Waals surface area (Å²) in [5, 5.41) is 0. The van der Waals surface area contributed by atoms with E-state index in [-0.39, 0.29) is 5.78 Å². The zero-order chi connectivity index (χ0) is 10.4. The summed E-state index contributed by atoms with van der Waals surface area (Å²) < 4.78 is 0. The van der Waals surface area contributed by atoms with E-state index in [1.54, 1.807) is 25.4 Å². The third-order valence-corrected chi connectivity index (χ3v) is 2.01. The molecule has 0 radical (unpaired) electrons. The molecule has 0 saturated heterocycles. The molecule has 1 heterocycles. The van der Waals surface area contributed by atoms with Crippen LogP contribution in [-0.4, -0.2) is 10.8 Å². The number of carbonyl (C=O) groups is 1. The van der Waals surface area contributed by atoms with Crippen molar-refractivity contribution in [1.29, 1.82) is 0 Å². The van der Waals surface area contributed by atoms with E-state index in [1.165, 1.54) is 0 Å². The van der Waals surface area contributed by atoms with Gasteiger partial charge in [0.2, 0.25) is 0 Å². The average molecular weight is 187 g/mol. The van der Waals surface area contributed by atoms with Gasteiger partial charge in [-0.05, 0) is 25.0 Å². The van der Waals surface area contributed by atoms with Gasteiger partial charge in [0.15, 0.2) is 5.78 Å². The SMILES string of the molecule is CC#CCC(=O)c1ccncc1CC. The molecule has 0 atom stereocenters. The van der Waals surface area contributed by atoms with Gasteiger partial charge in [-0.1, -0.05) is 12.8 Å². The third kappa shape index (κ3) is 2.43. The van der Waals surface area contributed by atoms with Crippen molar-refractivity contribution in [3.63, 3.8) is 0 Å². The van der Waals surface area contributed by atoms with E-state index in [9.17, 15) is 4.79 Å². The van der Waals surface area contributed by atoms with Crippen LogP contribution in [0.15, 0.2) is 18.5 Å². The second kappa shape index (κ2) is 5.18. The Balaban J connectivity index is 2.92. The highest BCUT2D eigenvalue weighted by Gasteiger charge is 2.08. The zero-order valence-electron chi connectivity index (χ0n) is 8.50. The van der Waals surface area contributed by atoms with E-state index < -0.39 is 0 Å². The Kier molecular flexibility index (Phi) is 3.87. The maximum Gasteiger partial charge on any atom is 0.175 e. The summed E-state index contributed by atoms with van der Waals surface area (Å²) in [4.78, 5) is 15.6. The fourth-order valence-corrected chi connectivity index (χ4v) is 1.24. The maximum absolute atomic E-state index is 11.7. The molecular weight excluding hydrogens is 174 g/mol. The molecule has 0 aliphatic rings. The fraction of sp³-hybridized carbons (Fsp3) is 0.333. The normalized spacial score (nSPS) is 9.00. The van der Waals surface area contributed by atoms with Crippen molar-refractivity contribution in [2.45, 2.75) is 26.7 Å². The molecule has 0 spiro atoms. The van der Waals surface area contributed by atoms with Gasteiger partial charge in [-0.3, -0.25) is 9.78 Å². The molecule has 0 N–H and O–H groups in total. The molecule has 0 saturated carbocycles. The first kappa shape index (κ1) is 10.5. The van der Waals surface area contributed by atoms with Gasteiger partial charge in [0.1, 0.15) is 0 Å². The molecule has 0 fully saturated rings. The van der Waals surface area contributed by atoms with Crippen LogP contribution in [0.5, 0.6) is 0 Å². The molecule has 1 rings (SSSR count). The number of Topliss-reactive ketones (excluding diaryl/α,β-unsaturated/α-hetero) is 1. The van der Waals surface area contributed by atoms with E-state index in [0.29, 0.717) is 6.42 Å². The molecule has 2 nitrogen and oxygen atoms in total. The number of ketones is 1. The molecule has 0 amide bonds. The summed E-state index contributed by atoms with van der Waals surface area (Å²) in [6, 6.07) is 1.76. The molecule has 2 heteroatoms. The second-order valence-electron chi connectivity index (χ2n) is 2.91. The predicted molar refractivity (Wildman–Crippen MR) is 56.0 cm³/mol. The molecule has 0 aliphatic carbocycles. The molecule has 1 aromatic heterocycles. The first-order valence-electron chi connectivity index (χ1n) is 4.65. The summed E-state index contributed by atoms with van der Waals surface area (Å²) in [7, 11) is 0. The van der Waals surface area contributed by atoms with Crippen molar-refractivity contribution in [3.05, 3.63) is 29.6 Å². The lowest BCUT2D eigenvalue weighted by molar-refractivity contribution is 0.0997. The van der Waals surface area contributed by atoms with Crippen molar-refractivity contribution in [2.24, 2.45) is 0 Å². The first-order chi connectivity index (χ1) is 6.79. The van der Waals surface area contributed by atoms with Crippen LogP contribution < -0.4 is 0 Å². The third-order valence-electron chi connectivity index (χ3n) is 2.01. The van der Waals surface area contributed by atoms with E-state index in [4.69, 9.17) is 0 Å². The molecule has 0 unspecified atom stereocenters. The minimum absolute atomic E-state index is 0.0820. The molecule has 0 aliphatic heterocycles. The summed E-state index contributed by atoms with van der Waals surface area (Å²) in [6.07, 6.45) is 4.51. The summed E-state index contributed by atoms with van der Waals surface area (Å²) >= 11 is 0. The van der Waals surface area contributed by atoms with Crippen LogP contribution in [-0.2, 0) is 6.42 Å². The zero-order valence-corrected chi connectivity index (χ0v) is 8.50. The fourth-order valence-electron chi connectivity index (χ4n) is 1.24. The van der Waals surface area contributed by atoms with Crippen LogP contribution in [0, 0.1) is 11.8 Å². The van der Waals surface area contributed by atoms with Crippen molar-refractivity contribution in [3.8, 4) is 11.8 Å². The molecule has 1 aromatic rings. The van der Waals surface area contributed by atoms with Gasteiger partial charge in [0.25, 0.3) is 0 Å². The highest BCUT2D eigenvalue weighted by molar-refractivity contribution is 5.98. The Morgan fingerprint density at radius 3 is 3.00 bits per heavy atom. The van der Waals surface area contributed by atoms with Gasteiger partial charge in [0.05, 0.1) is 6.42 Å². The van der Waals surface area contributed by atoms with E-state index >= 15 is 0 Å². The second-order valence-corrected chi connectivity index (χ2v) is 2.91. The average Bonchev–Trinajstić information content (AvgIpc) is 2.25. The largest absolute Gasteiger partial charge is 0.293 e. The van der Waals surface area contributed by atoms with Crippen LogP contribution in [0.4, 0.5) is 0 Å². The van der Waals surface area contributed by atoms with Crippen LogP contribution in [0.2, 0.25) is 0 Å². The lowest BCUT2D eigenvalue weighted by Crippen LogP contribution is -2.02. The van der Waals surface area contributed by atoms with Crippen molar-refractivity contribution < 1.29 is 4.79 Å². The van der Waals surface area contributed by atoms with Crippen molar-refractivity contribution in [2.75, 3.05) is 0 Å². The number of aryl methyl sites for hydroxylation is 1. The molecule has 72 valence electrons. The Labute approximate surface area is 84.4 Å². The number of hydrogen-bond donors (Lipinski definition) is 0. The topological polar surface area (TPSA) is 30.0 Å². The lowest BCUT2D eigenvalue weighted by Gasteiger charge is -2.02. The number of nitrogens with zero attached hydrogens (tertiary/aromatic N) is 1. The van der Waals surface area contributed by atoms with E-state index in [2.05, 4.69) is 16.8 Å². The maximum atomic E-state index is 11.7. The van der Waals surface area contributed by atoms with Crippen LogP contribution in [0.1, 0.15) is 36.2 Å². The van der Waals surface area contributed by atoms with Crippen LogP contribution in [0.3, 0.4) is 0 Å². The van der Waals surface area contributed by atoms with E-state index in [1.807, 2.05) is 6.92 Å². The number of aromatic nitrogens is 1. The van der Waals surface area contributed by atoms with Gasteiger partial charge >= 0.3 is 0 Å². The van der Waals surface area contributed by atoms with Crippen molar-refractivity contribution >= 4 is 5.78 Å². The predicted octanol–water partition coefficient (Wildman–Crippen LogP) is 2.24. The Hall–Kier alpha value is -1.62. The van der Waals surface area contributed by atoms with Gasteiger partial charge < -0.3 is 0 Å².